The molecule has 0 unspecified atom stereocenters. The maximum absolute atomic E-state index is 14.5. The number of benzene rings is 8. The van der Waals surface area contributed by atoms with Gasteiger partial charge < -0.3 is 40.9 Å². The number of para-hydroxylation sites is 2. The van der Waals surface area contributed by atoms with Crippen molar-refractivity contribution in [3.8, 4) is 45.0 Å². The number of fused-ring (bicyclic) bond motifs is 4. The lowest BCUT2D eigenvalue weighted by Crippen LogP contribution is -2.15. The molecule has 34 heteroatoms. The molecule has 8 aromatic carbocycles. The minimum atomic E-state index is -0.973. The van der Waals surface area contributed by atoms with Gasteiger partial charge in [-0.1, -0.05) is 130 Å². The van der Waals surface area contributed by atoms with Crippen LogP contribution in [0.25, 0.3) is 85.9 Å². The summed E-state index contributed by atoms with van der Waals surface area (Å²) >= 11 is 11.3. The van der Waals surface area contributed by atoms with E-state index >= 15 is 0 Å². The van der Waals surface area contributed by atoms with Gasteiger partial charge in [0.15, 0.2) is 20.5 Å². The van der Waals surface area contributed by atoms with Gasteiger partial charge >= 0.3 is 0 Å². The number of nitrogens with zero attached hydrogens (tertiary/aromatic N) is 8. The normalized spacial score (nSPS) is 12.1. The van der Waals surface area contributed by atoms with Crippen LogP contribution in [0.3, 0.4) is 0 Å². The predicted molar refractivity (Wildman–Crippen MR) is 461 cm³/mol. The Balaban J connectivity index is 0.000000140. The Hall–Kier alpha value is -12.6. The van der Waals surface area contributed by atoms with Crippen LogP contribution in [0, 0.1) is 29.1 Å². The van der Waals surface area contributed by atoms with E-state index in [4.69, 9.17) is 32.0 Å². The highest BCUT2D eigenvalue weighted by Crippen LogP contribution is 2.34. The van der Waals surface area contributed by atoms with Crippen molar-refractivity contribution in [2.24, 2.45) is 0 Å². The number of carbonyl (C=O) groups is 4. The smallest absolute Gasteiger partial charge is 0.257 e. The highest BCUT2D eigenvalue weighted by atomic mass is 35.5. The van der Waals surface area contributed by atoms with Gasteiger partial charge in [-0.25, -0.2) is 41.9 Å². The third-order valence-corrected chi connectivity index (χ3v) is 22.2. The van der Waals surface area contributed by atoms with Crippen molar-refractivity contribution in [3.05, 3.63) is 310 Å². The van der Waals surface area contributed by atoms with Crippen LogP contribution in [-0.2, 0) is 25.7 Å². The van der Waals surface area contributed by atoms with Gasteiger partial charge in [-0.15, -0.1) is 0 Å². The quantitative estimate of drug-likeness (QED) is 0.0250. The molecule has 0 aliphatic carbocycles. The van der Waals surface area contributed by atoms with Crippen LogP contribution in [0.1, 0.15) is 63.7 Å². The number of aromatic nitrogens is 8. The van der Waals surface area contributed by atoms with Crippen molar-refractivity contribution >= 4 is 142 Å². The number of amides is 4. The minimum absolute atomic E-state index is 0.0955. The molecule has 0 saturated heterocycles. The lowest BCUT2D eigenvalue weighted by molar-refractivity contribution is 0.0953. The summed E-state index contributed by atoms with van der Waals surface area (Å²) in [5.41, 5.74) is 9.08. The Morgan fingerprint density at radius 2 is 0.574 bits per heavy atom. The highest BCUT2D eigenvalue weighted by molar-refractivity contribution is 7.23. The van der Waals surface area contributed by atoms with Crippen molar-refractivity contribution in [2.75, 3.05) is 47.7 Å². The van der Waals surface area contributed by atoms with Gasteiger partial charge in [-0.05, 0) is 156 Å². The molecule has 16 rings (SSSR count). The molecule has 0 spiro atoms. The number of thiazole rings is 4. The number of rotatable bonds is 24. The Morgan fingerprint density at radius 1 is 0.320 bits per heavy atom. The number of hydrogen-bond donors (Lipinski definition) is 12. The van der Waals surface area contributed by atoms with Gasteiger partial charge in [0, 0.05) is 100 Å². The highest BCUT2D eigenvalue weighted by Gasteiger charge is 2.21. The molecular weight excluding hydrogens is 1680 g/mol. The number of hydrogen-bond acceptors (Lipinski definition) is 24. The molecule has 0 radical (unpaired) electrons. The number of nitrogens with one attached hydrogen (secondary N) is 4. The molecule has 8 heterocycles. The summed E-state index contributed by atoms with van der Waals surface area (Å²) in [6.07, 6.45) is 2.42. The first-order valence-corrected chi connectivity index (χ1v) is 40.8. The van der Waals surface area contributed by atoms with Crippen LogP contribution in [0.2, 0.25) is 5.02 Å². The standard InChI is InChI=1S/C22H17ClFN3O3S.C22H17F2N3O3S.2C22H18FN3O3S/c2*23-15-5-6-18-19(9-15)31-22(26-18)27-21(30)14-3-1-13(2-4-14)20-17(24)8-12(10-25-20)7-16(29)11-28;2*23-17-10-13(9-16(28)12-27)11-24-20(17)14-5-7-15(8-6-14)21(29)26-22-25-18-3-1-2-4-19(18)30-22/h2*1-6,8-10,16,28-29H,7,11H2,(H,26,27,30);2*1-8,10-11,16,27-28H,9,12H2,(H,25,26,29)/t4*16-/m1110/s1. The molecule has 8 aromatic heterocycles. The van der Waals surface area contributed by atoms with Gasteiger partial charge in [0.1, 0.15) is 51.9 Å². The van der Waals surface area contributed by atoms with Crippen molar-refractivity contribution in [1.82, 2.24) is 39.9 Å². The molecule has 122 heavy (non-hydrogen) atoms. The van der Waals surface area contributed by atoms with E-state index in [1.165, 1.54) is 107 Å². The fourth-order valence-electron chi connectivity index (χ4n) is 12.1. The molecular formula is C88H70ClF5N12O12S4. The fourth-order valence-corrected chi connectivity index (χ4v) is 15.8. The molecule has 0 bridgehead atoms. The monoisotopic (exact) mass is 1740 g/mol. The van der Waals surface area contributed by atoms with Crippen LogP contribution in [0.15, 0.2) is 231 Å². The third kappa shape index (κ3) is 22.7. The lowest BCUT2D eigenvalue weighted by atomic mass is 10.1. The van der Waals surface area contributed by atoms with Crippen LogP contribution in [0.4, 0.5) is 42.5 Å². The van der Waals surface area contributed by atoms with Gasteiger partial charge in [-0.2, -0.15) is 0 Å². The first-order valence-electron chi connectivity index (χ1n) is 37.2. The van der Waals surface area contributed by atoms with E-state index in [0.717, 1.165) is 30.6 Å². The summed E-state index contributed by atoms with van der Waals surface area (Å²) in [6.45, 7) is -1.62. The molecule has 0 aliphatic rings. The van der Waals surface area contributed by atoms with Crippen LogP contribution >= 0.6 is 56.9 Å². The number of halogens is 6. The Bertz CT molecular complexity index is 5970. The van der Waals surface area contributed by atoms with Crippen molar-refractivity contribution < 1.29 is 82.0 Å². The fraction of sp³-hybridized carbons (Fsp3) is 0.136. The maximum Gasteiger partial charge on any atom is 0.257 e. The summed E-state index contributed by atoms with van der Waals surface area (Å²) in [5.74, 6) is -3.90. The van der Waals surface area contributed by atoms with Crippen LogP contribution in [0.5, 0.6) is 0 Å². The molecule has 12 N–H and O–H groups in total. The molecule has 0 aliphatic heterocycles. The van der Waals surface area contributed by atoms with E-state index in [1.54, 1.807) is 121 Å². The van der Waals surface area contributed by atoms with Crippen molar-refractivity contribution in [2.45, 2.75) is 50.1 Å². The largest absolute Gasteiger partial charge is 0.394 e. The van der Waals surface area contributed by atoms with E-state index in [1.807, 2.05) is 48.5 Å². The molecule has 16 aromatic rings. The summed E-state index contributed by atoms with van der Waals surface area (Å²) in [7, 11) is 0. The van der Waals surface area contributed by atoms with Crippen molar-refractivity contribution in [1.29, 1.82) is 0 Å². The number of anilines is 4. The van der Waals surface area contributed by atoms with E-state index in [2.05, 4.69) is 61.1 Å². The topological polar surface area (TPSA) is 381 Å². The van der Waals surface area contributed by atoms with E-state index in [-0.39, 0.29) is 72.0 Å². The number of aliphatic hydroxyl groups excluding tert-OH is 8. The van der Waals surface area contributed by atoms with Gasteiger partial charge in [0.2, 0.25) is 0 Å². The second kappa shape index (κ2) is 40.7. The zero-order chi connectivity index (χ0) is 86.1. The Kier molecular flexibility index (Phi) is 29.1. The minimum Gasteiger partial charge on any atom is -0.394 e. The maximum atomic E-state index is 14.5. The van der Waals surface area contributed by atoms with Crippen molar-refractivity contribution in [3.63, 3.8) is 0 Å². The molecule has 4 atom stereocenters. The van der Waals surface area contributed by atoms with Gasteiger partial charge in [0.05, 0.1) is 91.7 Å². The summed E-state index contributed by atoms with van der Waals surface area (Å²) < 4.78 is 74.6. The summed E-state index contributed by atoms with van der Waals surface area (Å²) in [6, 6.07) is 55.4. The second-order valence-corrected chi connectivity index (χ2v) is 31.8. The van der Waals surface area contributed by atoms with Gasteiger partial charge in [0.25, 0.3) is 23.6 Å². The SMILES string of the molecule is O=C(Nc1nc2ccc(Cl)cc2s1)c1ccc(-c2ncc(C[C@@H](O)CO)cc2F)cc1.O=C(Nc1nc2ccc(F)cc2s1)c1ccc(-c2ncc(C[C@@H](O)CO)cc2F)cc1.O=C(Nc1nc2ccccc2s1)c1ccc(-c2ncc(C[C@@H](O)CO)cc2F)cc1.O=C(Nc1nc2ccccc2s1)c1ccc(-c2ncc(C[C@H](O)CO)cc2F)cc1. The second-order valence-electron chi connectivity index (χ2n) is 27.2. The first kappa shape index (κ1) is 87.2. The zero-order valence-corrected chi connectivity index (χ0v) is 67.6. The Morgan fingerprint density at radius 3 is 0.844 bits per heavy atom. The van der Waals surface area contributed by atoms with E-state index in [0.29, 0.717) is 103 Å². The number of pyridine rings is 4. The molecule has 0 saturated carbocycles. The zero-order valence-electron chi connectivity index (χ0n) is 63.6. The molecule has 620 valence electrons. The average molecular weight is 1750 g/mol. The molecule has 24 nitrogen and oxygen atoms in total. The Labute approximate surface area is 711 Å². The number of aliphatic hydroxyl groups is 8. The number of carbonyl (C=O) groups excluding carboxylic acids is 4. The third-order valence-electron chi connectivity index (χ3n) is 18.2. The summed E-state index contributed by atoms with van der Waals surface area (Å²) in [5, 5.41) is 86.9. The van der Waals surface area contributed by atoms with E-state index < -0.39 is 80.0 Å². The summed E-state index contributed by atoms with van der Waals surface area (Å²) in [4.78, 5) is 83.9. The van der Waals surface area contributed by atoms with Crippen LogP contribution in [-0.4, -0.2) is 155 Å². The first-order chi connectivity index (χ1) is 58.9. The van der Waals surface area contributed by atoms with E-state index in [9.17, 15) is 61.6 Å². The van der Waals surface area contributed by atoms with Gasteiger partial charge in [-0.3, -0.25) is 60.4 Å². The molecule has 0 fully saturated rings. The predicted octanol–water partition coefficient (Wildman–Crippen LogP) is 15.4. The average Bonchev–Trinajstić information content (AvgIpc) is 1.50. The van der Waals surface area contributed by atoms with Crippen LogP contribution < -0.4 is 21.3 Å². The molecule has 4 amide bonds. The lowest BCUT2D eigenvalue weighted by Gasteiger charge is -2.09.